The Morgan fingerprint density at radius 2 is 1.12 bits per heavy atom. The molecule has 6 rings (SSSR count). The normalized spacial score (nSPS) is 41.3. The van der Waals surface area contributed by atoms with Gasteiger partial charge in [-0.1, -0.05) is 27.7 Å². The first kappa shape index (κ1) is 41.9. The van der Waals surface area contributed by atoms with Crippen LogP contribution in [0.15, 0.2) is 0 Å². The van der Waals surface area contributed by atoms with Crippen LogP contribution in [0.4, 0.5) is 31.1 Å². The van der Waals surface area contributed by atoms with Crippen LogP contribution in [0.1, 0.15) is 107 Å². The van der Waals surface area contributed by atoms with Crippen molar-refractivity contribution in [3.63, 3.8) is 0 Å². The minimum absolute atomic E-state index is 0.0301. The van der Waals surface area contributed by atoms with E-state index in [2.05, 4.69) is 27.7 Å². The second-order valence-corrected chi connectivity index (χ2v) is 19.1. The number of ether oxygens (including phenoxy) is 5. The molecule has 6 nitrogen and oxygen atoms in total. The van der Waals surface area contributed by atoms with Crippen molar-refractivity contribution in [2.75, 3.05) is 27.1 Å². The van der Waals surface area contributed by atoms with Crippen molar-refractivity contribution < 1.29 is 54.8 Å². The molecule has 0 N–H and O–H groups in total. The fourth-order valence-corrected chi connectivity index (χ4v) is 12.2. The van der Waals surface area contributed by atoms with Crippen LogP contribution in [-0.2, 0) is 23.7 Å². The molecule has 6 saturated carbocycles. The van der Waals surface area contributed by atoms with Gasteiger partial charge in [-0.3, -0.25) is 0 Å². The standard InChI is InChI=1S/C23H35F3O3.C17H29F3O3/c1-11-12(2)16-9-15(11)18-13-7-14(17(8-13)19(16)18)10-22(6,23(24,25)26)29-20(27)28-21(3,4)5;1-11-12(2)15-8-13(11)7-14(15)9-16(3,17(18,19)20)23-10-22-6-5-21-4/h11-19H,7-10H2,1-6H3;11-15H,5-10H2,1-4H3. The van der Waals surface area contributed by atoms with E-state index in [9.17, 15) is 31.1 Å². The largest absolute Gasteiger partial charge is 0.509 e. The highest BCUT2D eigenvalue weighted by molar-refractivity contribution is 5.61. The molecule has 302 valence electrons. The lowest BCUT2D eigenvalue weighted by Gasteiger charge is -2.45. The van der Waals surface area contributed by atoms with E-state index in [-0.39, 0.29) is 38.1 Å². The van der Waals surface area contributed by atoms with Gasteiger partial charge < -0.3 is 23.7 Å². The van der Waals surface area contributed by atoms with E-state index in [0.29, 0.717) is 59.9 Å². The van der Waals surface area contributed by atoms with Crippen molar-refractivity contribution in [3.05, 3.63) is 0 Å². The van der Waals surface area contributed by atoms with Gasteiger partial charge in [0.2, 0.25) is 5.60 Å². The van der Waals surface area contributed by atoms with Crippen LogP contribution in [0.2, 0.25) is 0 Å². The SMILES string of the molecule is CC1C(C)C2CC1C1C3CC(CC(C)(OC(=O)OC(C)(C)C)C(F)(F)F)C(C3)C21.COCCOCOC(C)(CC1CC2CC1C(C)C2C)C(F)(F)F. The number of carbonyl (C=O) groups excluding carboxylic acids is 1. The summed E-state index contributed by atoms with van der Waals surface area (Å²) in [6.07, 6.45) is -5.23. The Bertz CT molecular complexity index is 1230. The Kier molecular flexibility index (Phi) is 12.1. The summed E-state index contributed by atoms with van der Waals surface area (Å²) >= 11 is 0. The molecule has 0 heterocycles. The number of rotatable bonds is 11. The third-order valence-electron chi connectivity index (χ3n) is 15.1. The first-order valence-electron chi connectivity index (χ1n) is 19.7. The highest BCUT2D eigenvalue weighted by Gasteiger charge is 2.67. The van der Waals surface area contributed by atoms with Crippen LogP contribution in [0, 0.1) is 82.9 Å². The molecule has 16 atom stereocenters. The Morgan fingerprint density at radius 1 is 0.596 bits per heavy atom. The summed E-state index contributed by atoms with van der Waals surface area (Å²) in [7, 11) is 1.52. The zero-order valence-electron chi connectivity index (χ0n) is 32.9. The molecule has 0 aliphatic heterocycles. The fourth-order valence-electron chi connectivity index (χ4n) is 12.2. The molecule has 0 aromatic rings. The molecule has 0 amide bonds. The summed E-state index contributed by atoms with van der Waals surface area (Å²) in [5, 5.41) is 0. The number of fused-ring (bicyclic) bond motifs is 11. The maximum Gasteiger partial charge on any atom is 0.509 e. The van der Waals surface area contributed by atoms with Crippen molar-refractivity contribution in [3.8, 4) is 0 Å². The predicted molar refractivity (Wildman–Crippen MR) is 184 cm³/mol. The molecule has 6 bridgehead atoms. The maximum absolute atomic E-state index is 14.0. The van der Waals surface area contributed by atoms with E-state index < -0.39 is 35.3 Å². The van der Waals surface area contributed by atoms with Crippen molar-refractivity contribution in [2.45, 2.75) is 136 Å². The quantitative estimate of drug-likeness (QED) is 0.0688. The monoisotopic (exact) mass is 754 g/mol. The summed E-state index contributed by atoms with van der Waals surface area (Å²) in [5.74, 6) is 7.23. The van der Waals surface area contributed by atoms with Crippen LogP contribution >= 0.6 is 0 Å². The third-order valence-corrected chi connectivity index (χ3v) is 15.1. The average molecular weight is 755 g/mol. The first-order chi connectivity index (χ1) is 23.9. The minimum atomic E-state index is -4.62. The molecule has 16 unspecified atom stereocenters. The van der Waals surface area contributed by atoms with Crippen molar-refractivity contribution in [1.82, 2.24) is 0 Å². The first-order valence-corrected chi connectivity index (χ1v) is 19.7. The van der Waals surface area contributed by atoms with Crippen molar-refractivity contribution in [1.29, 1.82) is 0 Å². The molecular weight excluding hydrogens is 690 g/mol. The zero-order chi connectivity index (χ0) is 38.8. The van der Waals surface area contributed by atoms with Crippen molar-refractivity contribution in [2.24, 2.45) is 82.9 Å². The molecule has 6 aliphatic rings. The number of halogens is 6. The molecule has 0 saturated heterocycles. The number of hydrogen-bond donors (Lipinski definition) is 0. The van der Waals surface area contributed by atoms with Gasteiger partial charge in [-0.05, 0) is 162 Å². The molecule has 0 radical (unpaired) electrons. The second-order valence-electron chi connectivity index (χ2n) is 19.1. The van der Waals surface area contributed by atoms with Gasteiger partial charge in [-0.25, -0.2) is 4.79 Å². The van der Waals surface area contributed by atoms with Gasteiger partial charge in [0.15, 0.2) is 5.60 Å². The van der Waals surface area contributed by atoms with Gasteiger partial charge in [-0.2, -0.15) is 26.3 Å². The van der Waals surface area contributed by atoms with E-state index in [1.54, 1.807) is 20.8 Å². The smallest absolute Gasteiger partial charge is 0.429 e. The maximum atomic E-state index is 14.0. The number of carbonyl (C=O) groups is 1. The Labute approximate surface area is 307 Å². The van der Waals surface area contributed by atoms with Gasteiger partial charge in [0.1, 0.15) is 12.4 Å². The van der Waals surface area contributed by atoms with Crippen LogP contribution < -0.4 is 0 Å². The molecule has 6 fully saturated rings. The van der Waals surface area contributed by atoms with Crippen LogP contribution in [0.25, 0.3) is 0 Å². The zero-order valence-corrected chi connectivity index (χ0v) is 32.9. The van der Waals surface area contributed by atoms with Gasteiger partial charge in [0, 0.05) is 7.11 Å². The topological polar surface area (TPSA) is 63.2 Å². The Morgan fingerprint density at radius 3 is 1.65 bits per heavy atom. The van der Waals surface area contributed by atoms with Crippen LogP contribution in [-0.4, -0.2) is 62.4 Å². The van der Waals surface area contributed by atoms with Crippen LogP contribution in [0.3, 0.4) is 0 Å². The molecule has 6 aliphatic carbocycles. The molecule has 0 aromatic heterocycles. The summed E-state index contributed by atoms with van der Waals surface area (Å²) < 4.78 is 108. The molecular formula is C40H64F6O6. The summed E-state index contributed by atoms with van der Waals surface area (Å²) in [5.41, 5.74) is -5.53. The average Bonchev–Trinajstić information content (AvgIpc) is 3.84. The Hall–Kier alpha value is -1.27. The van der Waals surface area contributed by atoms with E-state index >= 15 is 0 Å². The van der Waals surface area contributed by atoms with E-state index in [1.165, 1.54) is 13.5 Å². The second kappa shape index (κ2) is 15.0. The van der Waals surface area contributed by atoms with Crippen LogP contribution in [0.5, 0.6) is 0 Å². The molecule has 0 spiro atoms. The highest BCUT2D eigenvalue weighted by atomic mass is 19.4. The van der Waals surface area contributed by atoms with Gasteiger partial charge >= 0.3 is 18.5 Å². The lowest BCUT2D eigenvalue weighted by Crippen LogP contribution is -2.50. The number of hydrogen-bond acceptors (Lipinski definition) is 6. The predicted octanol–water partition coefficient (Wildman–Crippen LogP) is 10.7. The highest BCUT2D eigenvalue weighted by Crippen LogP contribution is 2.72. The summed E-state index contributed by atoms with van der Waals surface area (Å²) in [4.78, 5) is 12.1. The third kappa shape index (κ3) is 8.15. The van der Waals surface area contributed by atoms with Gasteiger partial charge in [0.05, 0.1) is 13.2 Å². The van der Waals surface area contributed by atoms with Gasteiger partial charge in [0.25, 0.3) is 0 Å². The van der Waals surface area contributed by atoms with E-state index in [4.69, 9.17) is 23.7 Å². The molecule has 12 heteroatoms. The lowest BCUT2D eigenvalue weighted by molar-refractivity contribution is -0.298. The fraction of sp³-hybridized carbons (Fsp3) is 0.975. The number of alkyl halides is 6. The Balaban J connectivity index is 0.000000207. The van der Waals surface area contributed by atoms with Gasteiger partial charge in [-0.15, -0.1) is 0 Å². The molecule has 0 aromatic carbocycles. The minimum Gasteiger partial charge on any atom is -0.429 e. The summed E-state index contributed by atoms with van der Waals surface area (Å²) in [6.45, 7) is 16.4. The van der Waals surface area contributed by atoms with E-state index in [0.717, 1.165) is 57.3 Å². The summed E-state index contributed by atoms with van der Waals surface area (Å²) in [6, 6.07) is 0. The van der Waals surface area contributed by atoms with E-state index in [1.807, 2.05) is 0 Å². The van der Waals surface area contributed by atoms with Crippen molar-refractivity contribution >= 4 is 6.16 Å². The number of methoxy groups -OCH3 is 1. The molecule has 52 heavy (non-hydrogen) atoms. The lowest BCUT2D eigenvalue weighted by atomic mass is 9.61.